The molecule has 21 heavy (non-hydrogen) atoms. The molecule has 1 aromatic carbocycles. The summed E-state index contributed by atoms with van der Waals surface area (Å²) < 4.78 is 5.78. The molecule has 1 atom stereocenters. The maximum Gasteiger partial charge on any atom is 0.0641 e. The van der Waals surface area contributed by atoms with Crippen molar-refractivity contribution in [1.29, 1.82) is 0 Å². The van der Waals surface area contributed by atoms with E-state index in [0.29, 0.717) is 11.5 Å². The van der Waals surface area contributed by atoms with Crippen molar-refractivity contribution in [3.05, 3.63) is 35.9 Å². The zero-order valence-corrected chi connectivity index (χ0v) is 14.1. The maximum atomic E-state index is 5.78. The topological polar surface area (TPSA) is 21.3 Å². The lowest BCUT2D eigenvalue weighted by atomic mass is 9.82. The van der Waals surface area contributed by atoms with Crippen molar-refractivity contribution in [2.75, 3.05) is 13.2 Å². The molecule has 1 fully saturated rings. The third kappa shape index (κ3) is 5.80. The van der Waals surface area contributed by atoms with Gasteiger partial charge in [0.15, 0.2) is 0 Å². The van der Waals surface area contributed by atoms with Crippen LogP contribution in [0.15, 0.2) is 30.3 Å². The summed E-state index contributed by atoms with van der Waals surface area (Å²) in [5.74, 6) is 0. The van der Waals surface area contributed by atoms with Gasteiger partial charge in [-0.15, -0.1) is 0 Å². The Morgan fingerprint density at radius 2 is 1.95 bits per heavy atom. The minimum absolute atomic E-state index is 0.0372. The van der Waals surface area contributed by atoms with Gasteiger partial charge in [-0.1, -0.05) is 44.2 Å². The van der Waals surface area contributed by atoms with Crippen molar-refractivity contribution in [1.82, 2.24) is 5.32 Å². The number of rotatable bonds is 6. The predicted octanol–water partition coefficient (Wildman–Crippen LogP) is 4.19. The zero-order chi connectivity index (χ0) is 15.3. The smallest absolute Gasteiger partial charge is 0.0641 e. The van der Waals surface area contributed by atoms with Gasteiger partial charge in [0.2, 0.25) is 0 Å². The van der Waals surface area contributed by atoms with Crippen LogP contribution in [-0.2, 0) is 11.2 Å². The second kappa shape index (κ2) is 6.93. The second-order valence-electron chi connectivity index (χ2n) is 7.83. The van der Waals surface area contributed by atoms with Crippen LogP contribution in [0, 0.1) is 5.41 Å². The molecule has 2 rings (SSSR count). The number of benzene rings is 1. The number of nitrogens with one attached hydrogen (secondary N) is 1. The van der Waals surface area contributed by atoms with E-state index in [4.69, 9.17) is 4.74 Å². The fraction of sp³-hybridized carbons (Fsp3) is 0.684. The molecule has 0 aliphatic carbocycles. The van der Waals surface area contributed by atoms with Crippen LogP contribution >= 0.6 is 0 Å². The lowest BCUT2D eigenvalue weighted by Crippen LogP contribution is -2.44. The van der Waals surface area contributed by atoms with E-state index >= 15 is 0 Å². The highest BCUT2D eigenvalue weighted by Crippen LogP contribution is 2.27. The summed E-state index contributed by atoms with van der Waals surface area (Å²) >= 11 is 0. The van der Waals surface area contributed by atoms with E-state index in [1.807, 2.05) is 0 Å². The molecule has 2 nitrogen and oxygen atoms in total. The van der Waals surface area contributed by atoms with Crippen LogP contribution in [0.5, 0.6) is 0 Å². The lowest BCUT2D eigenvalue weighted by molar-refractivity contribution is -0.0629. The van der Waals surface area contributed by atoms with Crippen LogP contribution in [0.25, 0.3) is 0 Å². The van der Waals surface area contributed by atoms with Gasteiger partial charge in [-0.25, -0.2) is 0 Å². The third-order valence-electron chi connectivity index (χ3n) is 4.46. The summed E-state index contributed by atoms with van der Waals surface area (Å²) in [6, 6.07) is 11.4. The normalized spacial score (nSPS) is 22.2. The molecule has 1 aliphatic heterocycles. The second-order valence-corrected chi connectivity index (χ2v) is 7.83. The molecule has 1 aliphatic rings. The van der Waals surface area contributed by atoms with E-state index in [1.165, 1.54) is 12.0 Å². The first kappa shape index (κ1) is 16.5. The lowest BCUT2D eigenvalue weighted by Gasteiger charge is -2.36. The van der Waals surface area contributed by atoms with Gasteiger partial charge in [0, 0.05) is 12.6 Å². The molecular weight excluding hydrogens is 258 g/mol. The van der Waals surface area contributed by atoms with E-state index in [2.05, 4.69) is 63.3 Å². The zero-order valence-electron chi connectivity index (χ0n) is 14.1. The van der Waals surface area contributed by atoms with Crippen LogP contribution in [0.3, 0.4) is 0 Å². The number of ether oxygens (including phenoxy) is 1. The van der Waals surface area contributed by atoms with E-state index in [1.54, 1.807) is 0 Å². The monoisotopic (exact) mass is 289 g/mol. The van der Waals surface area contributed by atoms with Crippen molar-refractivity contribution >= 4 is 0 Å². The molecule has 0 bridgehead atoms. The molecule has 1 N–H and O–H groups in total. The molecule has 0 saturated carbocycles. The van der Waals surface area contributed by atoms with Crippen LogP contribution in [0.4, 0.5) is 0 Å². The Bertz CT molecular complexity index is 424. The highest BCUT2D eigenvalue weighted by molar-refractivity contribution is 5.16. The fourth-order valence-corrected chi connectivity index (χ4v) is 3.26. The quantitative estimate of drug-likeness (QED) is 0.847. The van der Waals surface area contributed by atoms with Crippen molar-refractivity contribution < 1.29 is 4.74 Å². The molecule has 0 aromatic heterocycles. The minimum Gasteiger partial charge on any atom is -0.375 e. The van der Waals surface area contributed by atoms with Gasteiger partial charge in [0.1, 0.15) is 0 Å². The fourth-order valence-electron chi connectivity index (χ4n) is 3.26. The Morgan fingerprint density at radius 1 is 1.24 bits per heavy atom. The largest absolute Gasteiger partial charge is 0.375 e. The Balaban J connectivity index is 1.74. The van der Waals surface area contributed by atoms with Crippen LogP contribution in [0.2, 0.25) is 0 Å². The van der Waals surface area contributed by atoms with E-state index in [9.17, 15) is 0 Å². The molecule has 1 unspecified atom stereocenters. The average Bonchev–Trinajstić information content (AvgIpc) is 2.38. The Labute approximate surface area is 130 Å². The Morgan fingerprint density at radius 3 is 2.62 bits per heavy atom. The van der Waals surface area contributed by atoms with Crippen LogP contribution in [-0.4, -0.2) is 24.8 Å². The van der Waals surface area contributed by atoms with Gasteiger partial charge in [0.05, 0.1) is 5.60 Å². The summed E-state index contributed by atoms with van der Waals surface area (Å²) in [5, 5.41) is 3.74. The van der Waals surface area contributed by atoms with Crippen molar-refractivity contribution in [2.45, 2.75) is 65.0 Å². The minimum atomic E-state index is 0.0372. The molecule has 118 valence electrons. The third-order valence-corrected chi connectivity index (χ3v) is 4.46. The molecule has 2 heteroatoms. The molecular formula is C19H31NO. The van der Waals surface area contributed by atoms with Gasteiger partial charge in [0.25, 0.3) is 0 Å². The summed E-state index contributed by atoms with van der Waals surface area (Å²) in [7, 11) is 0. The van der Waals surface area contributed by atoms with Crippen molar-refractivity contribution in [2.24, 2.45) is 5.41 Å². The van der Waals surface area contributed by atoms with Gasteiger partial charge in [-0.05, 0) is 57.1 Å². The highest BCUT2D eigenvalue weighted by Gasteiger charge is 2.28. The molecule has 1 heterocycles. The van der Waals surface area contributed by atoms with Crippen LogP contribution in [0.1, 0.15) is 52.5 Å². The molecule has 0 amide bonds. The predicted molar refractivity (Wildman–Crippen MR) is 89.6 cm³/mol. The standard InChI is InChI=1S/C19H31NO/c1-18(2,14-16-8-6-5-7-9-16)11-12-20-17-10-13-21-19(3,4)15-17/h5-9,17,20H,10-15H2,1-4H3. The first-order valence-electron chi connectivity index (χ1n) is 8.28. The number of hydrogen-bond donors (Lipinski definition) is 1. The van der Waals surface area contributed by atoms with Gasteiger partial charge in [-0.2, -0.15) is 0 Å². The van der Waals surface area contributed by atoms with Gasteiger partial charge >= 0.3 is 0 Å². The Kier molecular flexibility index (Phi) is 5.45. The molecule has 0 radical (unpaired) electrons. The van der Waals surface area contributed by atoms with Crippen LogP contribution < -0.4 is 5.32 Å². The summed E-state index contributed by atoms with van der Waals surface area (Å²) in [6.07, 6.45) is 4.61. The Hall–Kier alpha value is -0.860. The molecule has 0 spiro atoms. The van der Waals surface area contributed by atoms with E-state index in [-0.39, 0.29) is 5.60 Å². The SMILES string of the molecule is CC(C)(CCNC1CCOC(C)(C)C1)Cc1ccccc1. The highest BCUT2D eigenvalue weighted by atomic mass is 16.5. The summed E-state index contributed by atoms with van der Waals surface area (Å²) in [5.41, 5.74) is 1.82. The van der Waals surface area contributed by atoms with E-state index in [0.717, 1.165) is 32.4 Å². The van der Waals surface area contributed by atoms with E-state index < -0.39 is 0 Å². The maximum absolute atomic E-state index is 5.78. The summed E-state index contributed by atoms with van der Waals surface area (Å²) in [4.78, 5) is 0. The number of hydrogen-bond acceptors (Lipinski definition) is 2. The van der Waals surface area contributed by atoms with Gasteiger partial charge < -0.3 is 10.1 Å². The molecule has 1 saturated heterocycles. The first-order valence-corrected chi connectivity index (χ1v) is 8.28. The molecule has 1 aromatic rings. The van der Waals surface area contributed by atoms with Gasteiger partial charge in [-0.3, -0.25) is 0 Å². The summed E-state index contributed by atoms with van der Waals surface area (Å²) in [6.45, 7) is 11.1. The first-order chi connectivity index (χ1) is 9.86. The average molecular weight is 289 g/mol. The van der Waals surface area contributed by atoms with Crippen molar-refractivity contribution in [3.63, 3.8) is 0 Å². The van der Waals surface area contributed by atoms with Crippen molar-refractivity contribution in [3.8, 4) is 0 Å².